The number of hydrogen-bond donors (Lipinski definition) is 1. The molecule has 0 atom stereocenters. The Labute approximate surface area is 120 Å². The van der Waals surface area contributed by atoms with E-state index in [1.165, 1.54) is 11.1 Å². The van der Waals surface area contributed by atoms with Gasteiger partial charge in [0.1, 0.15) is 5.75 Å². The summed E-state index contributed by atoms with van der Waals surface area (Å²) in [6, 6.07) is 8.38. The molecular weight excluding hydrogens is 250 g/mol. The minimum Gasteiger partial charge on any atom is -0.496 e. The molecule has 0 aliphatic carbocycles. The zero-order chi connectivity index (χ0) is 14.4. The lowest BCUT2D eigenvalue weighted by atomic mass is 10.1. The summed E-state index contributed by atoms with van der Waals surface area (Å²) in [6.45, 7) is 6.97. The summed E-state index contributed by atoms with van der Waals surface area (Å²) in [4.78, 5) is 0. The van der Waals surface area contributed by atoms with E-state index in [0.717, 1.165) is 37.5 Å². The largest absolute Gasteiger partial charge is 0.496 e. The molecule has 0 radical (unpaired) electrons. The first kappa shape index (κ1) is 14.6. The van der Waals surface area contributed by atoms with Crippen molar-refractivity contribution in [3.63, 3.8) is 0 Å². The molecule has 20 heavy (non-hydrogen) atoms. The van der Waals surface area contributed by atoms with Crippen molar-refractivity contribution in [3.05, 3.63) is 36.0 Å². The van der Waals surface area contributed by atoms with Crippen molar-refractivity contribution < 1.29 is 4.74 Å². The minimum atomic E-state index is 0.815. The number of rotatable bonds is 7. The van der Waals surface area contributed by atoms with E-state index in [4.69, 9.17) is 4.74 Å². The maximum atomic E-state index is 5.43. The van der Waals surface area contributed by atoms with Crippen LogP contribution in [0.3, 0.4) is 0 Å². The summed E-state index contributed by atoms with van der Waals surface area (Å²) >= 11 is 0. The van der Waals surface area contributed by atoms with E-state index < -0.39 is 0 Å². The highest BCUT2D eigenvalue weighted by Gasteiger charge is 2.09. The average molecular weight is 273 g/mol. The summed E-state index contributed by atoms with van der Waals surface area (Å²) in [7, 11) is 1.71. The highest BCUT2D eigenvalue weighted by atomic mass is 16.5. The van der Waals surface area contributed by atoms with Crippen molar-refractivity contribution in [1.82, 2.24) is 15.1 Å². The SMILES string of the molecule is CCCn1nccc1-c1ccc(OC)c(CNCC)c1. The van der Waals surface area contributed by atoms with Gasteiger partial charge in [-0.1, -0.05) is 13.8 Å². The molecule has 108 valence electrons. The number of ether oxygens (including phenoxy) is 1. The molecule has 0 aliphatic rings. The topological polar surface area (TPSA) is 39.1 Å². The number of aromatic nitrogens is 2. The van der Waals surface area contributed by atoms with E-state index in [-0.39, 0.29) is 0 Å². The van der Waals surface area contributed by atoms with Crippen molar-refractivity contribution in [2.24, 2.45) is 0 Å². The van der Waals surface area contributed by atoms with Crippen LogP contribution >= 0.6 is 0 Å². The van der Waals surface area contributed by atoms with E-state index in [1.54, 1.807) is 7.11 Å². The van der Waals surface area contributed by atoms with E-state index in [0.29, 0.717) is 0 Å². The van der Waals surface area contributed by atoms with E-state index >= 15 is 0 Å². The number of aryl methyl sites for hydroxylation is 1. The van der Waals surface area contributed by atoms with Crippen molar-refractivity contribution in [2.75, 3.05) is 13.7 Å². The summed E-state index contributed by atoms with van der Waals surface area (Å²) in [5.41, 5.74) is 3.52. The molecule has 1 aromatic heterocycles. The fourth-order valence-corrected chi connectivity index (χ4v) is 2.30. The van der Waals surface area contributed by atoms with Gasteiger partial charge in [0.05, 0.1) is 12.8 Å². The molecule has 1 aromatic carbocycles. The van der Waals surface area contributed by atoms with Gasteiger partial charge in [-0.15, -0.1) is 0 Å². The van der Waals surface area contributed by atoms with Crippen LogP contribution in [0.5, 0.6) is 5.75 Å². The summed E-state index contributed by atoms with van der Waals surface area (Å²) < 4.78 is 7.48. The molecule has 0 aliphatic heterocycles. The van der Waals surface area contributed by atoms with Gasteiger partial charge < -0.3 is 10.1 Å². The molecule has 2 aromatic rings. The Bertz CT molecular complexity index is 548. The third-order valence-corrected chi connectivity index (χ3v) is 3.29. The molecule has 1 N–H and O–H groups in total. The van der Waals surface area contributed by atoms with E-state index in [1.807, 2.05) is 12.3 Å². The van der Waals surface area contributed by atoms with E-state index in [2.05, 4.69) is 47.1 Å². The lowest BCUT2D eigenvalue weighted by molar-refractivity contribution is 0.408. The number of nitrogens with one attached hydrogen (secondary N) is 1. The number of methoxy groups -OCH3 is 1. The van der Waals surface area contributed by atoms with Crippen LogP contribution in [0.4, 0.5) is 0 Å². The highest BCUT2D eigenvalue weighted by molar-refractivity contribution is 5.62. The Morgan fingerprint density at radius 3 is 2.80 bits per heavy atom. The first-order valence-corrected chi connectivity index (χ1v) is 7.20. The van der Waals surface area contributed by atoms with Gasteiger partial charge in [-0.25, -0.2) is 0 Å². The van der Waals surface area contributed by atoms with Crippen LogP contribution < -0.4 is 10.1 Å². The fraction of sp³-hybridized carbons (Fsp3) is 0.438. The standard InChI is InChI=1S/C16H23N3O/c1-4-10-19-15(8-9-18-19)13-6-7-16(20-3)14(11-13)12-17-5-2/h6-9,11,17H,4-5,10,12H2,1-3H3. The fourth-order valence-electron chi connectivity index (χ4n) is 2.30. The molecule has 1 heterocycles. The highest BCUT2D eigenvalue weighted by Crippen LogP contribution is 2.26. The predicted octanol–water partition coefficient (Wildman–Crippen LogP) is 3.08. The second kappa shape index (κ2) is 7.10. The maximum absolute atomic E-state index is 5.43. The van der Waals surface area contributed by atoms with Gasteiger partial charge in [0.15, 0.2) is 0 Å². The molecule has 0 bridgehead atoms. The van der Waals surface area contributed by atoms with Gasteiger partial charge in [-0.3, -0.25) is 4.68 Å². The van der Waals surface area contributed by atoms with Crippen LogP contribution in [-0.2, 0) is 13.1 Å². The molecule has 0 fully saturated rings. The molecule has 0 saturated carbocycles. The van der Waals surface area contributed by atoms with Crippen LogP contribution in [0.25, 0.3) is 11.3 Å². The maximum Gasteiger partial charge on any atom is 0.123 e. The molecule has 4 heteroatoms. The zero-order valence-electron chi connectivity index (χ0n) is 12.5. The van der Waals surface area contributed by atoms with Crippen LogP contribution in [0.1, 0.15) is 25.8 Å². The summed E-state index contributed by atoms with van der Waals surface area (Å²) in [5.74, 6) is 0.927. The third kappa shape index (κ3) is 3.20. The lowest BCUT2D eigenvalue weighted by Gasteiger charge is -2.12. The third-order valence-electron chi connectivity index (χ3n) is 3.29. The van der Waals surface area contributed by atoms with Crippen molar-refractivity contribution in [2.45, 2.75) is 33.4 Å². The molecule has 4 nitrogen and oxygen atoms in total. The Morgan fingerprint density at radius 2 is 2.10 bits per heavy atom. The van der Waals surface area contributed by atoms with Crippen molar-refractivity contribution >= 4 is 0 Å². The predicted molar refractivity (Wildman–Crippen MR) is 81.9 cm³/mol. The molecule has 0 spiro atoms. The van der Waals surface area contributed by atoms with Crippen molar-refractivity contribution in [3.8, 4) is 17.0 Å². The number of benzene rings is 1. The summed E-state index contributed by atoms with van der Waals surface area (Å²) in [5, 5.41) is 7.74. The van der Waals surface area contributed by atoms with Crippen LogP contribution in [0.15, 0.2) is 30.5 Å². The molecule has 0 saturated heterocycles. The van der Waals surface area contributed by atoms with Crippen LogP contribution in [-0.4, -0.2) is 23.4 Å². The zero-order valence-corrected chi connectivity index (χ0v) is 12.5. The minimum absolute atomic E-state index is 0.815. The molecule has 2 rings (SSSR count). The average Bonchev–Trinajstić information content (AvgIpc) is 2.93. The Hall–Kier alpha value is -1.81. The van der Waals surface area contributed by atoms with Gasteiger partial charge >= 0.3 is 0 Å². The Kier molecular flexibility index (Phi) is 5.18. The van der Waals surface area contributed by atoms with Gasteiger partial charge in [0.25, 0.3) is 0 Å². The molecule has 0 amide bonds. The van der Waals surface area contributed by atoms with Gasteiger partial charge in [0.2, 0.25) is 0 Å². The second-order valence-electron chi connectivity index (χ2n) is 4.75. The van der Waals surface area contributed by atoms with Gasteiger partial charge in [-0.05, 0) is 37.2 Å². The smallest absolute Gasteiger partial charge is 0.123 e. The first-order valence-electron chi connectivity index (χ1n) is 7.20. The Balaban J connectivity index is 2.34. The monoisotopic (exact) mass is 273 g/mol. The summed E-state index contributed by atoms with van der Waals surface area (Å²) in [6.07, 6.45) is 2.94. The van der Waals surface area contributed by atoms with Gasteiger partial charge in [0, 0.05) is 30.4 Å². The van der Waals surface area contributed by atoms with Crippen molar-refractivity contribution in [1.29, 1.82) is 0 Å². The first-order chi connectivity index (χ1) is 9.80. The number of hydrogen-bond acceptors (Lipinski definition) is 3. The van der Waals surface area contributed by atoms with Crippen LogP contribution in [0, 0.1) is 0 Å². The van der Waals surface area contributed by atoms with E-state index in [9.17, 15) is 0 Å². The second-order valence-corrected chi connectivity index (χ2v) is 4.75. The number of nitrogens with zero attached hydrogens (tertiary/aromatic N) is 2. The quantitative estimate of drug-likeness (QED) is 0.842. The molecule has 0 unspecified atom stereocenters. The molecular formula is C16H23N3O. The lowest BCUT2D eigenvalue weighted by Crippen LogP contribution is -2.12. The van der Waals surface area contributed by atoms with Gasteiger partial charge in [-0.2, -0.15) is 5.10 Å². The Morgan fingerprint density at radius 1 is 1.25 bits per heavy atom. The van der Waals surface area contributed by atoms with Crippen LogP contribution in [0.2, 0.25) is 0 Å². The normalized spacial score (nSPS) is 10.8.